The van der Waals surface area contributed by atoms with Crippen LogP contribution < -0.4 is 11.1 Å². The van der Waals surface area contributed by atoms with Crippen LogP contribution in [0.4, 0.5) is 0 Å². The van der Waals surface area contributed by atoms with E-state index in [2.05, 4.69) is 17.0 Å². The summed E-state index contributed by atoms with van der Waals surface area (Å²) in [5, 5.41) is 2.78. The lowest BCUT2D eigenvalue weighted by Crippen LogP contribution is -2.51. The van der Waals surface area contributed by atoms with E-state index in [1.54, 1.807) is 0 Å². The van der Waals surface area contributed by atoms with Crippen LogP contribution in [-0.4, -0.2) is 23.6 Å². The Morgan fingerprint density at radius 3 is 2.41 bits per heavy atom. The van der Waals surface area contributed by atoms with Crippen molar-refractivity contribution in [3.8, 4) is 0 Å². The van der Waals surface area contributed by atoms with Gasteiger partial charge in [0.2, 0.25) is 6.23 Å². The summed E-state index contributed by atoms with van der Waals surface area (Å²) in [7, 11) is 0. The van der Waals surface area contributed by atoms with Crippen LogP contribution in [-0.2, 0) is 14.3 Å². The molecule has 0 heterocycles. The number of esters is 1. The largest absolute Gasteiger partial charge is 0.437 e. The average molecular weight is 244 g/mol. The number of nitrogens with two attached hydrogens (primary N) is 1. The summed E-state index contributed by atoms with van der Waals surface area (Å²) in [5.41, 5.74) is 5.10. The highest BCUT2D eigenvalue weighted by molar-refractivity contribution is 5.83. The molecule has 1 atom stereocenters. The van der Waals surface area contributed by atoms with Gasteiger partial charge in [-0.3, -0.25) is 15.3 Å². The topological polar surface area (TPSA) is 81.4 Å². The molecule has 0 saturated heterocycles. The molecule has 0 bridgehead atoms. The summed E-state index contributed by atoms with van der Waals surface area (Å²) in [4.78, 5) is 22.3. The van der Waals surface area contributed by atoms with E-state index in [9.17, 15) is 9.59 Å². The maximum atomic E-state index is 11.6. The van der Waals surface area contributed by atoms with Crippen molar-refractivity contribution in [2.75, 3.05) is 0 Å². The third-order valence-corrected chi connectivity index (χ3v) is 2.42. The summed E-state index contributed by atoms with van der Waals surface area (Å²) in [6, 6.07) is 0. The van der Waals surface area contributed by atoms with E-state index in [-0.39, 0.29) is 5.54 Å². The molecule has 0 rings (SSSR count). The minimum atomic E-state index is -1.22. The second-order valence-corrected chi connectivity index (χ2v) is 4.86. The number of rotatable bonds is 7. The lowest BCUT2D eigenvalue weighted by Gasteiger charge is -2.27. The van der Waals surface area contributed by atoms with Crippen molar-refractivity contribution in [3.05, 3.63) is 0 Å². The van der Waals surface area contributed by atoms with Gasteiger partial charge in [0.25, 0.3) is 5.91 Å². The monoisotopic (exact) mass is 244 g/mol. The van der Waals surface area contributed by atoms with Gasteiger partial charge < -0.3 is 10.1 Å². The van der Waals surface area contributed by atoms with Crippen molar-refractivity contribution in [1.82, 2.24) is 5.32 Å². The minimum absolute atomic E-state index is 0.329. The van der Waals surface area contributed by atoms with Gasteiger partial charge in [-0.2, -0.15) is 0 Å². The molecular weight excluding hydrogens is 220 g/mol. The highest BCUT2D eigenvalue weighted by Crippen LogP contribution is 2.13. The lowest BCUT2D eigenvalue weighted by molar-refractivity contribution is -0.154. The Kier molecular flexibility index (Phi) is 6.80. The summed E-state index contributed by atoms with van der Waals surface area (Å²) in [6.45, 7) is 7.21. The summed E-state index contributed by atoms with van der Waals surface area (Å²) >= 11 is 0. The van der Waals surface area contributed by atoms with E-state index in [0.717, 1.165) is 25.7 Å². The SMILES string of the molecule is CCCCCC(C)(C)NC(=O)C(N)OC(C)=O. The van der Waals surface area contributed by atoms with E-state index in [0.29, 0.717) is 0 Å². The number of unbranched alkanes of at least 4 members (excludes halogenated alkanes) is 2. The van der Waals surface area contributed by atoms with Crippen LogP contribution >= 0.6 is 0 Å². The van der Waals surface area contributed by atoms with Crippen molar-refractivity contribution >= 4 is 11.9 Å². The van der Waals surface area contributed by atoms with Gasteiger partial charge in [0.15, 0.2) is 0 Å². The zero-order valence-electron chi connectivity index (χ0n) is 11.2. The molecular formula is C12H24N2O3. The van der Waals surface area contributed by atoms with E-state index >= 15 is 0 Å². The fraction of sp³-hybridized carbons (Fsp3) is 0.833. The molecule has 0 aromatic carbocycles. The zero-order chi connectivity index (χ0) is 13.5. The molecule has 5 nitrogen and oxygen atoms in total. The normalized spacial score (nSPS) is 13.0. The maximum absolute atomic E-state index is 11.6. The predicted molar refractivity (Wildman–Crippen MR) is 66.1 cm³/mol. The summed E-state index contributed by atoms with van der Waals surface area (Å²) in [5.74, 6) is -1.02. The van der Waals surface area contributed by atoms with Gasteiger partial charge in [0, 0.05) is 12.5 Å². The Hall–Kier alpha value is -1.10. The highest BCUT2D eigenvalue weighted by Gasteiger charge is 2.24. The van der Waals surface area contributed by atoms with E-state index < -0.39 is 18.1 Å². The van der Waals surface area contributed by atoms with Crippen LogP contribution in [0.3, 0.4) is 0 Å². The highest BCUT2D eigenvalue weighted by atomic mass is 16.6. The van der Waals surface area contributed by atoms with Gasteiger partial charge >= 0.3 is 5.97 Å². The Bertz CT molecular complexity index is 264. The number of nitrogens with one attached hydrogen (secondary N) is 1. The Balaban J connectivity index is 4.11. The lowest BCUT2D eigenvalue weighted by atomic mass is 9.96. The molecule has 0 aliphatic rings. The van der Waals surface area contributed by atoms with Gasteiger partial charge in [-0.1, -0.05) is 26.2 Å². The van der Waals surface area contributed by atoms with Crippen molar-refractivity contribution in [1.29, 1.82) is 0 Å². The van der Waals surface area contributed by atoms with Crippen LogP contribution in [0.1, 0.15) is 53.4 Å². The fourth-order valence-electron chi connectivity index (χ4n) is 1.52. The molecule has 1 amide bonds. The molecule has 0 saturated carbocycles. The first-order valence-electron chi connectivity index (χ1n) is 6.03. The van der Waals surface area contributed by atoms with E-state index in [1.807, 2.05) is 13.8 Å². The van der Waals surface area contributed by atoms with Crippen LogP contribution in [0.25, 0.3) is 0 Å². The average Bonchev–Trinajstić information content (AvgIpc) is 2.15. The van der Waals surface area contributed by atoms with Crippen LogP contribution in [0, 0.1) is 0 Å². The van der Waals surface area contributed by atoms with Gasteiger partial charge in [-0.15, -0.1) is 0 Å². The number of hydrogen-bond acceptors (Lipinski definition) is 4. The minimum Gasteiger partial charge on any atom is -0.437 e. The van der Waals surface area contributed by atoms with Gasteiger partial charge in [0.1, 0.15) is 0 Å². The molecule has 0 aromatic rings. The fourth-order valence-corrected chi connectivity index (χ4v) is 1.52. The van der Waals surface area contributed by atoms with Crippen molar-refractivity contribution in [2.45, 2.75) is 65.1 Å². The second kappa shape index (κ2) is 7.27. The molecule has 0 aliphatic carbocycles. The van der Waals surface area contributed by atoms with Crippen LogP contribution in [0.15, 0.2) is 0 Å². The van der Waals surface area contributed by atoms with Gasteiger partial charge in [-0.25, -0.2) is 0 Å². The van der Waals surface area contributed by atoms with E-state index in [1.165, 1.54) is 6.92 Å². The first-order valence-corrected chi connectivity index (χ1v) is 6.03. The van der Waals surface area contributed by atoms with Crippen molar-refractivity contribution in [2.24, 2.45) is 5.73 Å². The zero-order valence-corrected chi connectivity index (χ0v) is 11.2. The molecule has 100 valence electrons. The molecule has 3 N–H and O–H groups in total. The number of carbonyl (C=O) groups excluding carboxylic acids is 2. The Morgan fingerprint density at radius 1 is 1.35 bits per heavy atom. The van der Waals surface area contributed by atoms with E-state index in [4.69, 9.17) is 5.73 Å². The van der Waals surface area contributed by atoms with Crippen molar-refractivity contribution in [3.63, 3.8) is 0 Å². The Morgan fingerprint density at radius 2 is 1.94 bits per heavy atom. The maximum Gasteiger partial charge on any atom is 0.304 e. The third kappa shape index (κ3) is 7.74. The van der Waals surface area contributed by atoms with Gasteiger partial charge in [-0.05, 0) is 20.3 Å². The molecule has 0 aromatic heterocycles. The van der Waals surface area contributed by atoms with Crippen LogP contribution in [0.5, 0.6) is 0 Å². The van der Waals surface area contributed by atoms with Gasteiger partial charge in [0.05, 0.1) is 0 Å². The number of hydrogen-bond donors (Lipinski definition) is 2. The second-order valence-electron chi connectivity index (χ2n) is 4.86. The summed E-state index contributed by atoms with van der Waals surface area (Å²) in [6.07, 6.45) is 2.97. The first-order chi connectivity index (χ1) is 7.78. The quantitative estimate of drug-likeness (QED) is 0.402. The number of ether oxygens (including phenoxy) is 1. The molecule has 17 heavy (non-hydrogen) atoms. The molecule has 0 spiro atoms. The third-order valence-electron chi connectivity index (χ3n) is 2.42. The number of amides is 1. The molecule has 0 fully saturated rings. The molecule has 5 heteroatoms. The summed E-state index contributed by atoms with van der Waals surface area (Å²) < 4.78 is 4.61. The van der Waals surface area contributed by atoms with Crippen LogP contribution in [0.2, 0.25) is 0 Å². The van der Waals surface area contributed by atoms with Crippen molar-refractivity contribution < 1.29 is 14.3 Å². The Labute approximate surface area is 103 Å². The molecule has 1 unspecified atom stereocenters. The smallest absolute Gasteiger partial charge is 0.304 e. The predicted octanol–water partition coefficient (Wildman–Crippen LogP) is 1.31. The molecule has 0 aliphatic heterocycles. The number of carbonyl (C=O) groups is 2. The molecule has 0 radical (unpaired) electrons. The standard InChI is InChI=1S/C12H24N2O3/c1-5-6-7-8-12(3,4)14-11(16)10(13)17-9(2)15/h10H,5-8,13H2,1-4H3,(H,14,16). The first kappa shape index (κ1) is 15.9.